The number of aromatic nitrogens is 2. The van der Waals surface area contributed by atoms with Crippen LogP contribution in [0.3, 0.4) is 0 Å². The fourth-order valence-electron chi connectivity index (χ4n) is 3.03. The van der Waals surface area contributed by atoms with Crippen molar-refractivity contribution in [2.75, 3.05) is 18.4 Å². The summed E-state index contributed by atoms with van der Waals surface area (Å²) in [7, 11) is 0. The Morgan fingerprint density at radius 2 is 2.12 bits per heavy atom. The highest BCUT2D eigenvalue weighted by atomic mass is 19.1. The van der Waals surface area contributed by atoms with Crippen LogP contribution in [0, 0.1) is 5.82 Å². The molecule has 7 heteroatoms. The van der Waals surface area contributed by atoms with Gasteiger partial charge in [0.25, 0.3) is 0 Å². The summed E-state index contributed by atoms with van der Waals surface area (Å²) >= 11 is 0. The van der Waals surface area contributed by atoms with E-state index in [1.807, 2.05) is 12.1 Å². The number of hydrogen-bond donors (Lipinski definition) is 2. The average Bonchev–Trinajstić information content (AvgIpc) is 2.63. The van der Waals surface area contributed by atoms with Crippen LogP contribution in [0.5, 0.6) is 0 Å². The number of carbonyl (C=O) groups is 1. The van der Waals surface area contributed by atoms with Crippen LogP contribution in [0.2, 0.25) is 0 Å². The van der Waals surface area contributed by atoms with Crippen molar-refractivity contribution < 1.29 is 14.3 Å². The number of benzene rings is 1. The molecule has 1 atom stereocenters. The van der Waals surface area contributed by atoms with E-state index in [-0.39, 0.29) is 11.9 Å². The molecular weight excluding hydrogens is 335 g/mol. The van der Waals surface area contributed by atoms with Gasteiger partial charge in [-0.3, -0.25) is 9.88 Å². The normalized spacial score (nSPS) is 18.1. The van der Waals surface area contributed by atoms with Gasteiger partial charge in [0.05, 0.1) is 18.1 Å². The van der Waals surface area contributed by atoms with Gasteiger partial charge in [0, 0.05) is 25.2 Å². The standard InChI is InChI=1S/C19H21FN4O2/c20-15-5-3-14(4-6-15)12-24-9-1-2-17(13-24)23-18-11-21-16(10-22-18)7-8-19(25)26/h3-8,10-11,17H,1-2,9,12-13H2,(H,22,23)(H,25,26)/b8-7+/t17-/m1/s1. The van der Waals surface area contributed by atoms with Crippen LogP contribution >= 0.6 is 0 Å². The monoisotopic (exact) mass is 356 g/mol. The van der Waals surface area contributed by atoms with E-state index in [0.29, 0.717) is 11.5 Å². The van der Waals surface area contributed by atoms with Crippen LogP contribution in [0.1, 0.15) is 24.1 Å². The molecule has 0 amide bonds. The van der Waals surface area contributed by atoms with Gasteiger partial charge in [-0.05, 0) is 43.2 Å². The van der Waals surface area contributed by atoms with E-state index in [1.54, 1.807) is 12.4 Å². The third-order valence-electron chi connectivity index (χ3n) is 4.25. The van der Waals surface area contributed by atoms with Gasteiger partial charge in [-0.2, -0.15) is 0 Å². The molecule has 136 valence electrons. The average molecular weight is 356 g/mol. The lowest BCUT2D eigenvalue weighted by Gasteiger charge is -2.33. The van der Waals surface area contributed by atoms with Crippen LogP contribution in [0.15, 0.2) is 42.7 Å². The van der Waals surface area contributed by atoms with Crippen molar-refractivity contribution in [3.05, 3.63) is 59.8 Å². The molecule has 2 aromatic rings. The number of nitrogens with zero attached hydrogens (tertiary/aromatic N) is 3. The fraction of sp³-hybridized carbons (Fsp3) is 0.316. The fourth-order valence-corrected chi connectivity index (χ4v) is 3.03. The van der Waals surface area contributed by atoms with Crippen LogP contribution < -0.4 is 5.32 Å². The molecule has 0 unspecified atom stereocenters. The third kappa shape index (κ3) is 5.35. The molecule has 6 nitrogen and oxygen atoms in total. The number of piperidine rings is 1. The summed E-state index contributed by atoms with van der Waals surface area (Å²) in [5.41, 5.74) is 1.60. The molecule has 0 radical (unpaired) electrons. The summed E-state index contributed by atoms with van der Waals surface area (Å²) < 4.78 is 13.0. The number of nitrogens with one attached hydrogen (secondary N) is 1. The second kappa shape index (κ2) is 8.53. The van der Waals surface area contributed by atoms with E-state index < -0.39 is 5.97 Å². The van der Waals surface area contributed by atoms with Crippen LogP contribution in [0.4, 0.5) is 10.2 Å². The van der Waals surface area contributed by atoms with E-state index in [0.717, 1.165) is 44.1 Å². The number of hydrogen-bond acceptors (Lipinski definition) is 5. The summed E-state index contributed by atoms with van der Waals surface area (Å²) in [6.45, 7) is 2.68. The topological polar surface area (TPSA) is 78.3 Å². The Labute approximate surface area is 151 Å². The molecule has 1 aliphatic heterocycles. The Morgan fingerprint density at radius 3 is 2.81 bits per heavy atom. The minimum Gasteiger partial charge on any atom is -0.478 e. The Balaban J connectivity index is 1.54. The van der Waals surface area contributed by atoms with Gasteiger partial charge in [0.15, 0.2) is 0 Å². The SMILES string of the molecule is O=C(O)/C=C/c1cnc(N[C@@H]2CCCN(Cc3ccc(F)cc3)C2)cn1. The molecule has 0 saturated carbocycles. The molecule has 1 aromatic heterocycles. The lowest BCUT2D eigenvalue weighted by molar-refractivity contribution is -0.131. The Hall–Kier alpha value is -2.80. The minimum absolute atomic E-state index is 0.216. The number of halogens is 1. The predicted octanol–water partition coefficient (Wildman–Crippen LogP) is 2.79. The first-order chi connectivity index (χ1) is 12.6. The maximum absolute atomic E-state index is 13.0. The van der Waals surface area contributed by atoms with Gasteiger partial charge in [0.2, 0.25) is 0 Å². The molecule has 2 N–H and O–H groups in total. The molecule has 1 saturated heterocycles. The number of aliphatic carboxylic acids is 1. The highest BCUT2D eigenvalue weighted by Gasteiger charge is 2.20. The molecule has 3 rings (SSSR count). The third-order valence-corrected chi connectivity index (χ3v) is 4.25. The zero-order chi connectivity index (χ0) is 18.4. The molecule has 1 aromatic carbocycles. The number of rotatable bonds is 6. The summed E-state index contributed by atoms with van der Waals surface area (Å²) in [4.78, 5) is 21.3. The molecule has 0 aliphatic carbocycles. The second-order valence-corrected chi connectivity index (χ2v) is 6.34. The lowest BCUT2D eigenvalue weighted by atomic mass is 10.0. The number of anilines is 1. The van der Waals surface area contributed by atoms with E-state index in [4.69, 9.17) is 5.11 Å². The molecule has 1 fully saturated rings. The van der Waals surface area contributed by atoms with Gasteiger partial charge >= 0.3 is 5.97 Å². The van der Waals surface area contributed by atoms with Crippen molar-refractivity contribution in [3.63, 3.8) is 0 Å². The van der Waals surface area contributed by atoms with Crippen molar-refractivity contribution in [1.29, 1.82) is 0 Å². The molecule has 0 spiro atoms. The molecule has 2 heterocycles. The van der Waals surface area contributed by atoms with Gasteiger partial charge in [-0.1, -0.05) is 12.1 Å². The van der Waals surface area contributed by atoms with E-state index in [9.17, 15) is 9.18 Å². The van der Waals surface area contributed by atoms with Gasteiger partial charge in [-0.15, -0.1) is 0 Å². The summed E-state index contributed by atoms with van der Waals surface area (Å²) in [6.07, 6.45) is 7.71. The van der Waals surface area contributed by atoms with Crippen LogP contribution in [-0.4, -0.2) is 45.1 Å². The lowest BCUT2D eigenvalue weighted by Crippen LogP contribution is -2.41. The van der Waals surface area contributed by atoms with Crippen LogP contribution in [0.25, 0.3) is 6.08 Å². The summed E-state index contributed by atoms with van der Waals surface area (Å²) in [5, 5.41) is 12.0. The van der Waals surface area contributed by atoms with Gasteiger partial charge < -0.3 is 10.4 Å². The predicted molar refractivity (Wildman–Crippen MR) is 97.0 cm³/mol. The van der Waals surface area contributed by atoms with Gasteiger partial charge in [0.1, 0.15) is 11.6 Å². The summed E-state index contributed by atoms with van der Waals surface area (Å²) in [6, 6.07) is 6.89. The smallest absolute Gasteiger partial charge is 0.328 e. The van der Waals surface area contributed by atoms with Crippen molar-refractivity contribution in [3.8, 4) is 0 Å². The first kappa shape index (κ1) is 18.0. The van der Waals surface area contributed by atoms with Crippen LogP contribution in [-0.2, 0) is 11.3 Å². The van der Waals surface area contributed by atoms with Crippen molar-refractivity contribution in [1.82, 2.24) is 14.9 Å². The number of carboxylic acid groups (broad SMARTS) is 1. The highest BCUT2D eigenvalue weighted by Crippen LogP contribution is 2.17. The quantitative estimate of drug-likeness (QED) is 0.775. The minimum atomic E-state index is -1.02. The largest absolute Gasteiger partial charge is 0.478 e. The first-order valence-corrected chi connectivity index (χ1v) is 8.55. The zero-order valence-electron chi connectivity index (χ0n) is 14.3. The zero-order valence-corrected chi connectivity index (χ0v) is 14.3. The van der Waals surface area contributed by atoms with Crippen molar-refractivity contribution in [2.24, 2.45) is 0 Å². The first-order valence-electron chi connectivity index (χ1n) is 8.55. The number of likely N-dealkylation sites (tertiary alicyclic amines) is 1. The van der Waals surface area contributed by atoms with E-state index >= 15 is 0 Å². The summed E-state index contributed by atoms with van der Waals surface area (Å²) in [5.74, 6) is -0.560. The maximum atomic E-state index is 13.0. The Kier molecular flexibility index (Phi) is 5.91. The van der Waals surface area contributed by atoms with Crippen molar-refractivity contribution in [2.45, 2.75) is 25.4 Å². The second-order valence-electron chi connectivity index (χ2n) is 6.34. The molecule has 0 bridgehead atoms. The molecule has 1 aliphatic rings. The maximum Gasteiger partial charge on any atom is 0.328 e. The van der Waals surface area contributed by atoms with Gasteiger partial charge in [-0.25, -0.2) is 14.2 Å². The Morgan fingerprint density at radius 1 is 1.31 bits per heavy atom. The van der Waals surface area contributed by atoms with E-state index in [2.05, 4.69) is 20.2 Å². The van der Waals surface area contributed by atoms with Crippen molar-refractivity contribution >= 4 is 17.9 Å². The van der Waals surface area contributed by atoms with E-state index in [1.165, 1.54) is 18.2 Å². The highest BCUT2D eigenvalue weighted by molar-refractivity contribution is 5.84. The Bertz CT molecular complexity index is 762. The molecule has 26 heavy (non-hydrogen) atoms. The molecular formula is C19H21FN4O2. The number of carboxylic acids is 1.